The molecular weight excluding hydrogens is 278 g/mol. The summed E-state index contributed by atoms with van der Waals surface area (Å²) in [5.74, 6) is 0.00920. The second-order valence-corrected chi connectivity index (χ2v) is 6.91. The van der Waals surface area contributed by atoms with E-state index in [1.807, 2.05) is 45.9 Å². The van der Waals surface area contributed by atoms with E-state index in [4.69, 9.17) is 0 Å². The fourth-order valence-corrected chi connectivity index (χ4v) is 2.27. The molecule has 3 N–H and O–H groups in total. The summed E-state index contributed by atoms with van der Waals surface area (Å²) >= 11 is 0. The molecule has 1 aromatic rings. The van der Waals surface area contributed by atoms with E-state index in [1.165, 1.54) is 0 Å². The van der Waals surface area contributed by atoms with Crippen molar-refractivity contribution in [3.8, 4) is 0 Å². The van der Waals surface area contributed by atoms with Crippen LogP contribution in [0.3, 0.4) is 0 Å². The molecule has 1 aliphatic rings. The molecule has 1 atom stereocenters. The lowest BCUT2D eigenvalue weighted by Gasteiger charge is -2.19. The normalized spacial score (nSPS) is 18.1. The Morgan fingerprint density at radius 3 is 2.55 bits per heavy atom. The smallest absolute Gasteiger partial charge is 0.229 e. The number of nitrogens with one attached hydrogen (secondary N) is 3. The average molecular weight is 303 g/mol. The van der Waals surface area contributed by atoms with Gasteiger partial charge in [0, 0.05) is 23.3 Å². The lowest BCUT2D eigenvalue weighted by atomic mass is 9.95. The van der Waals surface area contributed by atoms with Crippen LogP contribution in [0, 0.1) is 18.3 Å². The van der Waals surface area contributed by atoms with E-state index in [2.05, 4.69) is 16.0 Å². The third-order valence-corrected chi connectivity index (χ3v) is 3.87. The highest BCUT2D eigenvalue weighted by molar-refractivity contribution is 5.97. The molecule has 2 amide bonds. The predicted molar refractivity (Wildman–Crippen MR) is 88.9 cm³/mol. The van der Waals surface area contributed by atoms with Gasteiger partial charge >= 0.3 is 0 Å². The highest BCUT2D eigenvalue weighted by Gasteiger charge is 2.23. The Bertz CT molecular complexity index is 570. The second-order valence-electron chi connectivity index (χ2n) is 6.91. The molecule has 1 aliphatic heterocycles. The first kappa shape index (κ1) is 16.5. The number of carbonyl (C=O) groups is 2. The molecule has 0 saturated carbocycles. The number of aryl methyl sites for hydroxylation is 1. The first-order chi connectivity index (χ1) is 10.3. The number of hydrogen-bond donors (Lipinski definition) is 3. The van der Waals surface area contributed by atoms with Gasteiger partial charge in [0.1, 0.15) is 0 Å². The molecule has 5 nitrogen and oxygen atoms in total. The van der Waals surface area contributed by atoms with Crippen LogP contribution in [-0.4, -0.2) is 24.9 Å². The molecule has 1 unspecified atom stereocenters. The molecule has 0 aliphatic carbocycles. The van der Waals surface area contributed by atoms with Crippen LogP contribution in [0.4, 0.5) is 11.4 Å². The lowest BCUT2D eigenvalue weighted by Crippen LogP contribution is -2.28. The van der Waals surface area contributed by atoms with Gasteiger partial charge in [-0.3, -0.25) is 9.59 Å². The van der Waals surface area contributed by atoms with Crippen LogP contribution in [-0.2, 0) is 9.59 Å². The van der Waals surface area contributed by atoms with Crippen LogP contribution in [0.25, 0.3) is 0 Å². The average Bonchev–Trinajstić information content (AvgIpc) is 2.95. The van der Waals surface area contributed by atoms with E-state index in [0.29, 0.717) is 5.69 Å². The SMILES string of the molecule is Cc1ccc(NC(=O)C2CCNC2)cc1NC(=O)C(C)(C)C. The Balaban J connectivity index is 2.09. The number of anilines is 2. The maximum atomic E-state index is 12.2. The summed E-state index contributed by atoms with van der Waals surface area (Å²) < 4.78 is 0. The van der Waals surface area contributed by atoms with Crippen molar-refractivity contribution in [3.05, 3.63) is 23.8 Å². The molecule has 120 valence electrons. The Morgan fingerprint density at radius 1 is 1.23 bits per heavy atom. The lowest BCUT2D eigenvalue weighted by molar-refractivity contribution is -0.123. The third-order valence-electron chi connectivity index (χ3n) is 3.87. The molecule has 5 heteroatoms. The molecule has 1 heterocycles. The Morgan fingerprint density at radius 2 is 1.95 bits per heavy atom. The molecule has 0 spiro atoms. The van der Waals surface area contributed by atoms with Crippen LogP contribution in [0.1, 0.15) is 32.8 Å². The van der Waals surface area contributed by atoms with Crippen molar-refractivity contribution in [1.82, 2.24) is 5.32 Å². The summed E-state index contributed by atoms with van der Waals surface area (Å²) in [6.07, 6.45) is 0.866. The third kappa shape index (κ3) is 4.07. The highest BCUT2D eigenvalue weighted by atomic mass is 16.2. The minimum atomic E-state index is -0.457. The molecule has 1 fully saturated rings. The van der Waals surface area contributed by atoms with Crippen molar-refractivity contribution < 1.29 is 9.59 Å². The van der Waals surface area contributed by atoms with Crippen molar-refractivity contribution >= 4 is 23.2 Å². The minimum Gasteiger partial charge on any atom is -0.326 e. The van der Waals surface area contributed by atoms with Gasteiger partial charge in [0.25, 0.3) is 0 Å². The summed E-state index contributed by atoms with van der Waals surface area (Å²) in [4.78, 5) is 24.3. The second kappa shape index (κ2) is 6.48. The van der Waals surface area contributed by atoms with E-state index in [9.17, 15) is 9.59 Å². The van der Waals surface area contributed by atoms with Gasteiger partial charge in [-0.15, -0.1) is 0 Å². The van der Waals surface area contributed by atoms with Crippen LogP contribution in [0.15, 0.2) is 18.2 Å². The van der Waals surface area contributed by atoms with Gasteiger partial charge in [0.15, 0.2) is 0 Å². The van der Waals surface area contributed by atoms with E-state index in [-0.39, 0.29) is 17.7 Å². The number of rotatable bonds is 3. The van der Waals surface area contributed by atoms with Crippen LogP contribution < -0.4 is 16.0 Å². The van der Waals surface area contributed by atoms with Gasteiger partial charge < -0.3 is 16.0 Å². The van der Waals surface area contributed by atoms with E-state index < -0.39 is 5.41 Å². The van der Waals surface area contributed by atoms with E-state index >= 15 is 0 Å². The number of carbonyl (C=O) groups excluding carboxylic acids is 2. The zero-order chi connectivity index (χ0) is 16.3. The van der Waals surface area contributed by atoms with Crippen molar-refractivity contribution in [2.45, 2.75) is 34.1 Å². The number of benzene rings is 1. The highest BCUT2D eigenvalue weighted by Crippen LogP contribution is 2.24. The van der Waals surface area contributed by atoms with Crippen LogP contribution in [0.5, 0.6) is 0 Å². The van der Waals surface area contributed by atoms with Crippen molar-refractivity contribution in [3.63, 3.8) is 0 Å². The molecule has 0 aromatic heterocycles. The summed E-state index contributed by atoms with van der Waals surface area (Å²) in [7, 11) is 0. The molecule has 0 bridgehead atoms. The minimum absolute atomic E-state index is 0.0221. The summed E-state index contributed by atoms with van der Waals surface area (Å²) in [5.41, 5.74) is 1.97. The Hall–Kier alpha value is -1.88. The molecular formula is C17H25N3O2. The monoisotopic (exact) mass is 303 g/mol. The largest absolute Gasteiger partial charge is 0.326 e. The van der Waals surface area contributed by atoms with E-state index in [1.54, 1.807) is 0 Å². The van der Waals surface area contributed by atoms with Crippen molar-refractivity contribution in [2.75, 3.05) is 23.7 Å². The van der Waals surface area contributed by atoms with Gasteiger partial charge in [-0.25, -0.2) is 0 Å². The fourth-order valence-electron chi connectivity index (χ4n) is 2.27. The number of amides is 2. The van der Waals surface area contributed by atoms with Crippen molar-refractivity contribution in [2.24, 2.45) is 11.3 Å². The Labute approximate surface area is 131 Å². The zero-order valence-electron chi connectivity index (χ0n) is 13.7. The standard InChI is InChI=1S/C17H25N3O2/c1-11-5-6-13(19-15(21)12-7-8-18-10-12)9-14(11)20-16(22)17(2,3)4/h5-6,9,12,18H,7-8,10H2,1-4H3,(H,19,21)(H,20,22). The predicted octanol–water partition coefficient (Wildman–Crippen LogP) is 2.53. The van der Waals surface area contributed by atoms with Crippen LogP contribution in [0.2, 0.25) is 0 Å². The molecule has 22 heavy (non-hydrogen) atoms. The molecule has 2 rings (SSSR count). The van der Waals surface area contributed by atoms with Gasteiger partial charge in [0.2, 0.25) is 11.8 Å². The molecule has 1 aromatic carbocycles. The summed E-state index contributed by atoms with van der Waals surface area (Å²) in [5, 5.41) is 9.05. The first-order valence-electron chi connectivity index (χ1n) is 7.71. The quantitative estimate of drug-likeness (QED) is 0.803. The number of hydrogen-bond acceptors (Lipinski definition) is 3. The molecule has 1 saturated heterocycles. The fraction of sp³-hybridized carbons (Fsp3) is 0.529. The maximum Gasteiger partial charge on any atom is 0.229 e. The van der Waals surface area contributed by atoms with Gasteiger partial charge in [0.05, 0.1) is 5.92 Å². The molecule has 0 radical (unpaired) electrons. The van der Waals surface area contributed by atoms with Gasteiger partial charge in [-0.2, -0.15) is 0 Å². The zero-order valence-corrected chi connectivity index (χ0v) is 13.7. The van der Waals surface area contributed by atoms with E-state index in [0.717, 1.165) is 30.8 Å². The van der Waals surface area contributed by atoms with Gasteiger partial charge in [-0.05, 0) is 37.6 Å². The van der Waals surface area contributed by atoms with Gasteiger partial charge in [-0.1, -0.05) is 26.8 Å². The maximum absolute atomic E-state index is 12.2. The summed E-state index contributed by atoms with van der Waals surface area (Å²) in [6.45, 7) is 9.16. The Kier molecular flexibility index (Phi) is 4.86. The first-order valence-corrected chi connectivity index (χ1v) is 7.71. The van der Waals surface area contributed by atoms with Crippen LogP contribution >= 0.6 is 0 Å². The topological polar surface area (TPSA) is 70.2 Å². The van der Waals surface area contributed by atoms with Crippen molar-refractivity contribution in [1.29, 1.82) is 0 Å². The summed E-state index contributed by atoms with van der Waals surface area (Å²) in [6, 6.07) is 5.59.